The van der Waals surface area contributed by atoms with Crippen LogP contribution in [-0.4, -0.2) is 45.7 Å². The monoisotopic (exact) mass is 690 g/mol. The molecule has 4 aromatic carbocycles. The maximum absolute atomic E-state index is 14.5. The molecule has 230 valence electrons. The van der Waals surface area contributed by atoms with Gasteiger partial charge in [-0.15, -0.1) is 0 Å². The summed E-state index contributed by atoms with van der Waals surface area (Å²) in [5, 5.41) is 5.51. The van der Waals surface area contributed by atoms with Crippen LogP contribution in [0.3, 0.4) is 0 Å². The third-order valence-electron chi connectivity index (χ3n) is 9.32. The second kappa shape index (κ2) is 10.9. The molecule has 0 N–H and O–H groups in total. The Balaban J connectivity index is 1.32. The summed E-state index contributed by atoms with van der Waals surface area (Å²) in [6, 6.07) is 23.4. The zero-order valence-electron chi connectivity index (χ0n) is 23.6. The number of halogens is 4. The van der Waals surface area contributed by atoms with Crippen LogP contribution in [0.2, 0.25) is 20.1 Å². The molecule has 6 atom stereocenters. The highest BCUT2D eigenvalue weighted by Crippen LogP contribution is 2.59. The highest BCUT2D eigenvalue weighted by Gasteiger charge is 2.73. The van der Waals surface area contributed by atoms with Gasteiger partial charge in [0.25, 0.3) is 11.8 Å². The first-order valence-corrected chi connectivity index (χ1v) is 16.0. The summed E-state index contributed by atoms with van der Waals surface area (Å²) in [7, 11) is 0. The van der Waals surface area contributed by atoms with Crippen molar-refractivity contribution in [3.05, 3.63) is 128 Å². The molecule has 0 radical (unpaired) electrons. The number of carbonyl (C=O) groups is 4. The quantitative estimate of drug-likeness (QED) is 0.221. The maximum Gasteiger partial charge on any atom is 0.253 e. The van der Waals surface area contributed by atoms with Crippen LogP contribution in [0.25, 0.3) is 0 Å². The average molecular weight is 692 g/mol. The van der Waals surface area contributed by atoms with Gasteiger partial charge < -0.3 is 0 Å². The minimum absolute atomic E-state index is 0.388. The molecule has 46 heavy (non-hydrogen) atoms. The van der Waals surface area contributed by atoms with E-state index in [1.807, 2.05) is 0 Å². The Kier molecular flexibility index (Phi) is 7.03. The summed E-state index contributed by atoms with van der Waals surface area (Å²) >= 11 is 24.8. The molecule has 4 aromatic rings. The second-order valence-electron chi connectivity index (χ2n) is 11.7. The summed E-state index contributed by atoms with van der Waals surface area (Å²) < 4.78 is 0. The van der Waals surface area contributed by atoms with E-state index in [-0.39, 0.29) is 0 Å². The van der Waals surface area contributed by atoms with Crippen molar-refractivity contribution < 1.29 is 19.2 Å². The van der Waals surface area contributed by atoms with Gasteiger partial charge in [0.1, 0.15) is 12.1 Å². The lowest BCUT2D eigenvalue weighted by atomic mass is 9.84. The molecule has 0 spiro atoms. The molecule has 4 heterocycles. The van der Waals surface area contributed by atoms with Crippen LogP contribution >= 0.6 is 46.4 Å². The van der Waals surface area contributed by atoms with Gasteiger partial charge in [0.2, 0.25) is 11.8 Å². The van der Waals surface area contributed by atoms with Crippen molar-refractivity contribution in [2.75, 3.05) is 9.80 Å². The standard InChI is InChI=1S/C34H22Cl4N4O4/c35-19-5-1-17(2-6-19)27-25-29(33(45)39(31(25)43)23-13-9-21(37)10-14-23)42-28(18-3-7-20(36)8-4-18)26-30(41(27)42)34(46)40(32(26)44)24-15-11-22(38)12-16-24/h1-16,25-30H. The number of hydrazine groups is 1. The Labute approximate surface area is 283 Å². The van der Waals surface area contributed by atoms with E-state index >= 15 is 0 Å². The number of amides is 4. The van der Waals surface area contributed by atoms with E-state index < -0.39 is 59.6 Å². The van der Waals surface area contributed by atoms with Crippen LogP contribution < -0.4 is 9.80 Å². The fraction of sp³-hybridized carbons (Fsp3) is 0.176. The van der Waals surface area contributed by atoms with Gasteiger partial charge in [-0.2, -0.15) is 0 Å². The van der Waals surface area contributed by atoms with Gasteiger partial charge in [0.05, 0.1) is 35.3 Å². The van der Waals surface area contributed by atoms with Crippen LogP contribution in [-0.2, 0) is 19.2 Å². The lowest BCUT2D eigenvalue weighted by Gasteiger charge is -2.35. The molecule has 0 saturated carbocycles. The van der Waals surface area contributed by atoms with E-state index in [1.165, 1.54) is 9.80 Å². The van der Waals surface area contributed by atoms with Crippen molar-refractivity contribution in [2.24, 2.45) is 11.8 Å². The van der Waals surface area contributed by atoms with E-state index in [0.717, 1.165) is 0 Å². The highest BCUT2D eigenvalue weighted by atomic mass is 35.5. The molecule has 6 unspecified atom stereocenters. The van der Waals surface area contributed by atoms with Gasteiger partial charge in [-0.3, -0.25) is 19.2 Å². The Morgan fingerprint density at radius 2 is 0.652 bits per heavy atom. The number of fused-ring (bicyclic) bond motifs is 5. The number of carbonyl (C=O) groups excluding carboxylic acids is 4. The van der Waals surface area contributed by atoms with E-state index in [9.17, 15) is 19.2 Å². The van der Waals surface area contributed by atoms with Crippen LogP contribution in [0.5, 0.6) is 0 Å². The van der Waals surface area contributed by atoms with Gasteiger partial charge >= 0.3 is 0 Å². The molecule has 0 bridgehead atoms. The Hall–Kier alpha value is -3.76. The predicted octanol–water partition coefficient (Wildman–Crippen LogP) is 6.75. The molecule has 4 saturated heterocycles. The molecule has 4 amide bonds. The first-order valence-electron chi connectivity index (χ1n) is 14.5. The molecule has 4 aliphatic heterocycles. The van der Waals surface area contributed by atoms with E-state index in [1.54, 1.807) is 107 Å². The number of anilines is 2. The summed E-state index contributed by atoms with van der Waals surface area (Å²) in [4.78, 5) is 60.1. The molecule has 4 aliphatic rings. The van der Waals surface area contributed by atoms with Gasteiger partial charge in [0.15, 0.2) is 0 Å². The molecule has 4 fully saturated rings. The first-order chi connectivity index (χ1) is 22.2. The normalized spacial score (nSPS) is 27.5. The van der Waals surface area contributed by atoms with Crippen LogP contribution in [0, 0.1) is 11.8 Å². The molecule has 8 rings (SSSR count). The highest BCUT2D eigenvalue weighted by molar-refractivity contribution is 6.32. The Morgan fingerprint density at radius 1 is 0.370 bits per heavy atom. The smallest absolute Gasteiger partial charge is 0.253 e. The van der Waals surface area contributed by atoms with Gasteiger partial charge in [0, 0.05) is 20.1 Å². The minimum atomic E-state index is -1.00. The predicted molar refractivity (Wildman–Crippen MR) is 175 cm³/mol. The SMILES string of the molecule is O=C1C2C(C(=O)N1c1ccc(Cl)cc1)N1C(c3ccc(Cl)cc3)C3C(=O)N(c4ccc(Cl)cc4)C(=O)C3N1C2c1ccc(Cl)cc1. The average Bonchev–Trinajstić information content (AvgIpc) is 3.71. The third kappa shape index (κ3) is 4.29. The number of hydrogen-bond donors (Lipinski definition) is 0. The maximum atomic E-state index is 14.5. The van der Waals surface area contributed by atoms with Crippen LogP contribution in [0.15, 0.2) is 97.1 Å². The zero-order valence-corrected chi connectivity index (χ0v) is 26.7. The number of nitrogens with zero attached hydrogens (tertiary/aromatic N) is 4. The summed E-state index contributed by atoms with van der Waals surface area (Å²) in [6.45, 7) is 0. The largest absolute Gasteiger partial charge is 0.274 e. The first kappa shape index (κ1) is 29.6. The third-order valence-corrected chi connectivity index (χ3v) is 10.3. The molecule has 8 nitrogen and oxygen atoms in total. The lowest BCUT2D eigenvalue weighted by molar-refractivity contribution is -0.136. The van der Waals surface area contributed by atoms with Crippen LogP contribution in [0.1, 0.15) is 23.2 Å². The number of hydrogen-bond acceptors (Lipinski definition) is 6. The Bertz CT molecular complexity index is 1780. The Morgan fingerprint density at radius 3 is 0.957 bits per heavy atom. The summed E-state index contributed by atoms with van der Waals surface area (Å²) in [5.41, 5.74) is 2.14. The fourth-order valence-corrected chi connectivity index (χ4v) is 8.01. The summed E-state index contributed by atoms with van der Waals surface area (Å²) in [6.07, 6.45) is 0. The molecular weight excluding hydrogens is 670 g/mol. The summed E-state index contributed by atoms with van der Waals surface area (Å²) in [5.74, 6) is -3.52. The molecule has 12 heteroatoms. The van der Waals surface area contributed by atoms with Crippen molar-refractivity contribution in [2.45, 2.75) is 24.2 Å². The fourth-order valence-electron chi connectivity index (χ4n) is 7.51. The molecule has 0 aromatic heterocycles. The minimum Gasteiger partial charge on any atom is -0.274 e. The number of benzene rings is 4. The lowest BCUT2D eigenvalue weighted by Crippen LogP contribution is -2.50. The molecular formula is C34H22Cl4N4O4. The number of rotatable bonds is 4. The van der Waals surface area contributed by atoms with Gasteiger partial charge in [-0.25, -0.2) is 19.8 Å². The van der Waals surface area contributed by atoms with Crippen molar-refractivity contribution in [3.63, 3.8) is 0 Å². The van der Waals surface area contributed by atoms with Crippen LogP contribution in [0.4, 0.5) is 11.4 Å². The van der Waals surface area contributed by atoms with Crippen molar-refractivity contribution in [1.82, 2.24) is 10.0 Å². The van der Waals surface area contributed by atoms with Crippen molar-refractivity contribution >= 4 is 81.4 Å². The second-order valence-corrected chi connectivity index (χ2v) is 13.4. The molecule has 0 aliphatic carbocycles. The van der Waals surface area contributed by atoms with Crippen molar-refractivity contribution in [3.8, 4) is 0 Å². The van der Waals surface area contributed by atoms with E-state index in [0.29, 0.717) is 42.6 Å². The van der Waals surface area contributed by atoms with E-state index in [2.05, 4.69) is 0 Å². The van der Waals surface area contributed by atoms with E-state index in [4.69, 9.17) is 46.4 Å². The van der Waals surface area contributed by atoms with Gasteiger partial charge in [-0.1, -0.05) is 70.7 Å². The topological polar surface area (TPSA) is 81.2 Å². The number of imide groups is 2. The van der Waals surface area contributed by atoms with Crippen molar-refractivity contribution in [1.29, 1.82) is 0 Å². The zero-order chi connectivity index (χ0) is 32.0. The van der Waals surface area contributed by atoms with Gasteiger partial charge in [-0.05, 0) is 83.9 Å².